The first-order valence-electron chi connectivity index (χ1n) is 5.53. The maximum Gasteiger partial charge on any atom is 0.0207 e. The zero-order valence-electron chi connectivity index (χ0n) is 9.76. The second-order valence-corrected chi connectivity index (χ2v) is 5.15. The minimum atomic E-state index is 0.575. The molecule has 0 bridgehead atoms. The van der Waals surface area contributed by atoms with Gasteiger partial charge in [-0.05, 0) is 48.9 Å². The molecule has 2 atom stereocenters. The fourth-order valence-electron chi connectivity index (χ4n) is 1.94. The summed E-state index contributed by atoms with van der Waals surface area (Å²) in [7, 11) is 0. The van der Waals surface area contributed by atoms with Gasteiger partial charge in [0.1, 0.15) is 0 Å². The summed E-state index contributed by atoms with van der Waals surface area (Å²) < 4.78 is 1.20. The van der Waals surface area contributed by atoms with E-state index in [9.17, 15) is 0 Å². The molecule has 2 unspecified atom stereocenters. The van der Waals surface area contributed by atoms with Gasteiger partial charge in [0.05, 0.1) is 0 Å². The van der Waals surface area contributed by atoms with Gasteiger partial charge < -0.3 is 5.73 Å². The summed E-state index contributed by atoms with van der Waals surface area (Å²) in [6.45, 7) is 7.51. The molecule has 2 N–H and O–H groups in total. The Morgan fingerprint density at radius 3 is 2.60 bits per heavy atom. The van der Waals surface area contributed by atoms with Gasteiger partial charge in [-0.25, -0.2) is 0 Å². The summed E-state index contributed by atoms with van der Waals surface area (Å²) in [5.74, 6) is 1.22. The minimum absolute atomic E-state index is 0.575. The molecule has 0 saturated carbocycles. The molecule has 0 aromatic heterocycles. The molecule has 0 heterocycles. The van der Waals surface area contributed by atoms with Crippen LogP contribution < -0.4 is 5.73 Å². The molecule has 1 nitrogen and oxygen atoms in total. The standard InChI is InChI=1S/C13H20BrN/c1-9(7-8-15)10(2)12-5-4-6-13(14)11(12)3/h4-6,9-10H,7-8,15H2,1-3H3. The number of nitrogens with two attached hydrogens (primary N) is 1. The van der Waals surface area contributed by atoms with E-state index in [4.69, 9.17) is 5.73 Å². The maximum atomic E-state index is 5.60. The molecule has 84 valence electrons. The predicted octanol–water partition coefficient (Wildman–Crippen LogP) is 3.85. The molecule has 1 aromatic carbocycles. The summed E-state index contributed by atoms with van der Waals surface area (Å²) in [4.78, 5) is 0. The first-order valence-corrected chi connectivity index (χ1v) is 6.32. The summed E-state index contributed by atoms with van der Waals surface area (Å²) in [5, 5.41) is 0. The van der Waals surface area contributed by atoms with Crippen molar-refractivity contribution >= 4 is 15.9 Å². The Kier molecular flexibility index (Phi) is 4.81. The lowest BCUT2D eigenvalue weighted by Gasteiger charge is -2.22. The summed E-state index contributed by atoms with van der Waals surface area (Å²) in [6, 6.07) is 6.43. The van der Waals surface area contributed by atoms with Crippen LogP contribution in [0.15, 0.2) is 22.7 Å². The van der Waals surface area contributed by atoms with Crippen molar-refractivity contribution in [3.8, 4) is 0 Å². The van der Waals surface area contributed by atoms with Gasteiger partial charge in [0, 0.05) is 4.47 Å². The highest BCUT2D eigenvalue weighted by Crippen LogP contribution is 2.31. The lowest BCUT2D eigenvalue weighted by atomic mass is 9.85. The smallest absolute Gasteiger partial charge is 0.0207 e. The zero-order chi connectivity index (χ0) is 11.4. The van der Waals surface area contributed by atoms with E-state index in [1.807, 2.05) is 0 Å². The van der Waals surface area contributed by atoms with Crippen LogP contribution in [0.25, 0.3) is 0 Å². The first-order chi connectivity index (χ1) is 7.07. The van der Waals surface area contributed by atoms with Crippen molar-refractivity contribution in [2.45, 2.75) is 33.1 Å². The van der Waals surface area contributed by atoms with Gasteiger partial charge in [-0.1, -0.05) is 41.9 Å². The average molecular weight is 270 g/mol. The summed E-state index contributed by atoms with van der Waals surface area (Å²) >= 11 is 3.58. The Bertz CT molecular complexity index is 322. The van der Waals surface area contributed by atoms with Crippen LogP contribution in [0.1, 0.15) is 37.3 Å². The average Bonchev–Trinajstić information content (AvgIpc) is 2.21. The number of rotatable bonds is 4. The zero-order valence-corrected chi connectivity index (χ0v) is 11.3. The van der Waals surface area contributed by atoms with Crippen LogP contribution >= 0.6 is 15.9 Å². The van der Waals surface area contributed by atoms with Crippen LogP contribution in [0.4, 0.5) is 0 Å². The van der Waals surface area contributed by atoms with Crippen LogP contribution in [0, 0.1) is 12.8 Å². The Hall–Kier alpha value is -0.340. The van der Waals surface area contributed by atoms with Crippen LogP contribution in [-0.4, -0.2) is 6.54 Å². The predicted molar refractivity (Wildman–Crippen MR) is 70.1 cm³/mol. The number of hydrogen-bond donors (Lipinski definition) is 1. The topological polar surface area (TPSA) is 26.0 Å². The van der Waals surface area contributed by atoms with Gasteiger partial charge >= 0.3 is 0 Å². The molecule has 1 aromatic rings. The molecule has 15 heavy (non-hydrogen) atoms. The Labute approximate surface area is 101 Å². The van der Waals surface area contributed by atoms with Gasteiger partial charge in [-0.15, -0.1) is 0 Å². The molecule has 0 saturated heterocycles. The third kappa shape index (κ3) is 3.05. The van der Waals surface area contributed by atoms with Gasteiger partial charge in [0.25, 0.3) is 0 Å². The van der Waals surface area contributed by atoms with E-state index in [-0.39, 0.29) is 0 Å². The first kappa shape index (κ1) is 12.7. The highest BCUT2D eigenvalue weighted by molar-refractivity contribution is 9.10. The summed E-state index contributed by atoms with van der Waals surface area (Å²) in [5.41, 5.74) is 8.39. The van der Waals surface area contributed by atoms with Gasteiger partial charge in [0.15, 0.2) is 0 Å². The quantitative estimate of drug-likeness (QED) is 0.883. The van der Waals surface area contributed by atoms with Crippen molar-refractivity contribution in [3.05, 3.63) is 33.8 Å². The van der Waals surface area contributed by atoms with E-state index in [2.05, 4.69) is 54.9 Å². The van der Waals surface area contributed by atoms with Gasteiger partial charge in [0.2, 0.25) is 0 Å². The fraction of sp³-hybridized carbons (Fsp3) is 0.538. The van der Waals surface area contributed by atoms with Crippen LogP contribution in [0.3, 0.4) is 0 Å². The normalized spacial score (nSPS) is 15.0. The van der Waals surface area contributed by atoms with Crippen molar-refractivity contribution in [1.29, 1.82) is 0 Å². The molecule has 2 heteroatoms. The summed E-state index contributed by atoms with van der Waals surface area (Å²) in [6.07, 6.45) is 1.09. The Balaban J connectivity index is 2.90. The molecular weight excluding hydrogens is 250 g/mol. The van der Waals surface area contributed by atoms with Gasteiger partial charge in [-0.2, -0.15) is 0 Å². The molecule has 0 fully saturated rings. The second kappa shape index (κ2) is 5.66. The molecule has 0 aliphatic rings. The Morgan fingerprint density at radius 1 is 1.33 bits per heavy atom. The van der Waals surface area contributed by atoms with Crippen molar-refractivity contribution in [2.75, 3.05) is 6.54 Å². The number of halogens is 1. The van der Waals surface area contributed by atoms with E-state index in [0.717, 1.165) is 13.0 Å². The largest absolute Gasteiger partial charge is 0.330 e. The highest BCUT2D eigenvalue weighted by atomic mass is 79.9. The molecule has 0 amide bonds. The SMILES string of the molecule is Cc1c(Br)cccc1C(C)C(C)CCN. The highest BCUT2D eigenvalue weighted by Gasteiger charge is 2.16. The number of benzene rings is 1. The molecular formula is C13H20BrN. The van der Waals surface area contributed by atoms with Crippen molar-refractivity contribution < 1.29 is 0 Å². The lowest BCUT2D eigenvalue weighted by Crippen LogP contribution is -2.13. The monoisotopic (exact) mass is 269 g/mol. The van der Waals surface area contributed by atoms with Crippen molar-refractivity contribution in [1.82, 2.24) is 0 Å². The van der Waals surface area contributed by atoms with Crippen molar-refractivity contribution in [3.63, 3.8) is 0 Å². The van der Waals surface area contributed by atoms with E-state index >= 15 is 0 Å². The van der Waals surface area contributed by atoms with E-state index in [1.54, 1.807) is 0 Å². The fourth-order valence-corrected chi connectivity index (χ4v) is 2.32. The molecule has 0 spiro atoms. The number of hydrogen-bond acceptors (Lipinski definition) is 1. The van der Waals surface area contributed by atoms with E-state index < -0.39 is 0 Å². The third-order valence-electron chi connectivity index (χ3n) is 3.28. The molecule has 1 rings (SSSR count). The van der Waals surface area contributed by atoms with Crippen molar-refractivity contribution in [2.24, 2.45) is 11.7 Å². The second-order valence-electron chi connectivity index (χ2n) is 4.30. The van der Waals surface area contributed by atoms with E-state index in [1.165, 1.54) is 15.6 Å². The van der Waals surface area contributed by atoms with Crippen LogP contribution in [0.5, 0.6) is 0 Å². The molecule has 0 aliphatic carbocycles. The minimum Gasteiger partial charge on any atom is -0.330 e. The van der Waals surface area contributed by atoms with E-state index in [0.29, 0.717) is 11.8 Å². The van der Waals surface area contributed by atoms with Gasteiger partial charge in [-0.3, -0.25) is 0 Å². The Morgan fingerprint density at radius 2 is 2.00 bits per heavy atom. The molecule has 0 radical (unpaired) electrons. The van der Waals surface area contributed by atoms with Crippen LogP contribution in [-0.2, 0) is 0 Å². The third-order valence-corrected chi connectivity index (χ3v) is 4.13. The maximum absolute atomic E-state index is 5.60. The van der Waals surface area contributed by atoms with Crippen LogP contribution in [0.2, 0.25) is 0 Å². The molecule has 0 aliphatic heterocycles. The lowest BCUT2D eigenvalue weighted by molar-refractivity contribution is 0.458.